The lowest BCUT2D eigenvalue weighted by molar-refractivity contribution is 0.0769. The molecule has 8 nitrogen and oxygen atoms in total. The van der Waals surface area contributed by atoms with E-state index < -0.39 is 0 Å². The van der Waals surface area contributed by atoms with Gasteiger partial charge in [-0.2, -0.15) is 15.3 Å². The molecular formula is C22H23N5O3. The number of H-pyrrole nitrogens is 1. The lowest BCUT2D eigenvalue weighted by Gasteiger charge is -2.17. The molecule has 0 aliphatic carbocycles. The highest BCUT2D eigenvalue weighted by atomic mass is 16.5. The van der Waals surface area contributed by atoms with Gasteiger partial charge in [-0.15, -0.1) is 0 Å². The number of carbonyl (C=O) groups is 1. The molecule has 0 atom stereocenters. The van der Waals surface area contributed by atoms with E-state index in [-0.39, 0.29) is 5.91 Å². The van der Waals surface area contributed by atoms with Gasteiger partial charge in [0.2, 0.25) is 0 Å². The number of aromatic amines is 1. The fraction of sp³-hybridized carbons (Fsp3) is 0.273. The maximum Gasteiger partial charge on any atom is 0.274 e. The third-order valence-corrected chi connectivity index (χ3v) is 5.27. The zero-order valence-electron chi connectivity index (χ0n) is 17.4. The van der Waals surface area contributed by atoms with Crippen LogP contribution in [0.25, 0.3) is 32.9 Å². The van der Waals surface area contributed by atoms with Crippen LogP contribution in [0.5, 0.6) is 11.5 Å². The van der Waals surface area contributed by atoms with E-state index in [1.165, 1.54) is 0 Å². The molecule has 0 saturated carbocycles. The maximum atomic E-state index is 12.7. The van der Waals surface area contributed by atoms with Gasteiger partial charge in [0, 0.05) is 35.5 Å². The van der Waals surface area contributed by atoms with Crippen LogP contribution >= 0.6 is 0 Å². The Morgan fingerprint density at radius 1 is 1.03 bits per heavy atom. The summed E-state index contributed by atoms with van der Waals surface area (Å²) in [4.78, 5) is 14.5. The van der Waals surface area contributed by atoms with Crippen molar-refractivity contribution in [1.82, 2.24) is 25.3 Å². The zero-order chi connectivity index (χ0) is 21.3. The summed E-state index contributed by atoms with van der Waals surface area (Å²) in [6.07, 6.45) is 1.72. The summed E-state index contributed by atoms with van der Waals surface area (Å²) in [7, 11) is 3.19. The predicted molar refractivity (Wildman–Crippen MR) is 115 cm³/mol. The van der Waals surface area contributed by atoms with Gasteiger partial charge in [0.1, 0.15) is 0 Å². The Morgan fingerprint density at radius 3 is 2.47 bits per heavy atom. The van der Waals surface area contributed by atoms with Crippen molar-refractivity contribution in [3.63, 3.8) is 0 Å². The van der Waals surface area contributed by atoms with Gasteiger partial charge >= 0.3 is 0 Å². The molecule has 0 saturated heterocycles. The lowest BCUT2D eigenvalue weighted by atomic mass is 10.0. The second kappa shape index (κ2) is 7.98. The van der Waals surface area contributed by atoms with Crippen LogP contribution in [-0.4, -0.2) is 58.5 Å². The number of fused-ring (bicyclic) bond motifs is 2. The van der Waals surface area contributed by atoms with Gasteiger partial charge < -0.3 is 14.4 Å². The molecule has 2 aromatic heterocycles. The van der Waals surface area contributed by atoms with Gasteiger partial charge in [0.05, 0.1) is 31.4 Å². The smallest absolute Gasteiger partial charge is 0.274 e. The van der Waals surface area contributed by atoms with E-state index in [0.717, 1.165) is 27.4 Å². The van der Waals surface area contributed by atoms with Crippen molar-refractivity contribution in [2.75, 3.05) is 27.3 Å². The highest BCUT2D eigenvalue weighted by molar-refractivity contribution is 6.06. The molecule has 154 valence electrons. The maximum absolute atomic E-state index is 12.7. The monoisotopic (exact) mass is 405 g/mol. The first-order valence-electron chi connectivity index (χ1n) is 9.76. The standard InChI is InChI=1S/C22H23N5O3/c1-5-27(6-2)22(28)21-14-8-7-13(9-17(14)25-26-21)16-12-23-24-18-11-20(30-4)19(29-3)10-15(16)18/h7-12H,5-6H2,1-4H3,(H,25,26). The SMILES string of the molecule is CCN(CC)C(=O)c1n[nH]c2cc(-c3cnnc4cc(OC)c(OC)cc34)ccc12. The van der Waals surface area contributed by atoms with Crippen molar-refractivity contribution in [1.29, 1.82) is 0 Å². The van der Waals surface area contributed by atoms with Crippen LogP contribution < -0.4 is 9.47 Å². The first-order valence-corrected chi connectivity index (χ1v) is 9.76. The summed E-state index contributed by atoms with van der Waals surface area (Å²) in [6.45, 7) is 5.20. The number of hydrogen-bond acceptors (Lipinski definition) is 6. The number of methoxy groups -OCH3 is 2. The highest BCUT2D eigenvalue weighted by Crippen LogP contribution is 2.36. The van der Waals surface area contributed by atoms with Crippen LogP contribution in [0.1, 0.15) is 24.3 Å². The minimum atomic E-state index is -0.0770. The minimum Gasteiger partial charge on any atom is -0.493 e. The molecule has 0 aliphatic heterocycles. The van der Waals surface area contributed by atoms with Crippen molar-refractivity contribution in [3.8, 4) is 22.6 Å². The molecule has 0 spiro atoms. The summed E-state index contributed by atoms with van der Waals surface area (Å²) in [5.74, 6) is 1.14. The van der Waals surface area contributed by atoms with Gasteiger partial charge in [0.25, 0.3) is 5.91 Å². The molecule has 4 rings (SSSR count). The molecule has 1 amide bonds. The van der Waals surface area contributed by atoms with E-state index in [0.29, 0.717) is 35.8 Å². The molecule has 8 heteroatoms. The number of carbonyl (C=O) groups excluding carboxylic acids is 1. The number of aromatic nitrogens is 4. The van der Waals surface area contributed by atoms with Crippen LogP contribution in [0, 0.1) is 0 Å². The fourth-order valence-corrected chi connectivity index (χ4v) is 3.63. The Hall–Kier alpha value is -3.68. The van der Waals surface area contributed by atoms with E-state index in [2.05, 4.69) is 20.4 Å². The number of benzene rings is 2. The van der Waals surface area contributed by atoms with Gasteiger partial charge in [-0.05, 0) is 37.6 Å². The van der Waals surface area contributed by atoms with E-state index in [1.807, 2.05) is 38.1 Å². The topological polar surface area (TPSA) is 93.2 Å². The Morgan fingerprint density at radius 2 is 1.77 bits per heavy atom. The third-order valence-electron chi connectivity index (χ3n) is 5.27. The van der Waals surface area contributed by atoms with Crippen LogP contribution in [0.3, 0.4) is 0 Å². The van der Waals surface area contributed by atoms with E-state index in [9.17, 15) is 4.79 Å². The Kier molecular flexibility index (Phi) is 5.22. The molecule has 1 N–H and O–H groups in total. The molecule has 0 fully saturated rings. The van der Waals surface area contributed by atoms with Gasteiger partial charge in [-0.1, -0.05) is 6.07 Å². The predicted octanol–water partition coefficient (Wildman–Crippen LogP) is 3.67. The quantitative estimate of drug-likeness (QED) is 0.526. The molecule has 4 aromatic rings. The summed E-state index contributed by atoms with van der Waals surface area (Å²) >= 11 is 0. The largest absolute Gasteiger partial charge is 0.493 e. The fourth-order valence-electron chi connectivity index (χ4n) is 3.63. The van der Waals surface area contributed by atoms with Crippen LogP contribution in [0.4, 0.5) is 0 Å². The van der Waals surface area contributed by atoms with Crippen molar-refractivity contribution in [2.45, 2.75) is 13.8 Å². The number of hydrogen-bond donors (Lipinski definition) is 1. The molecule has 0 bridgehead atoms. The zero-order valence-corrected chi connectivity index (χ0v) is 17.4. The molecule has 0 aliphatic rings. The second-order valence-corrected chi connectivity index (χ2v) is 6.79. The molecule has 2 heterocycles. The molecule has 0 unspecified atom stereocenters. The van der Waals surface area contributed by atoms with Crippen LogP contribution in [-0.2, 0) is 0 Å². The van der Waals surface area contributed by atoms with Crippen molar-refractivity contribution >= 4 is 27.7 Å². The minimum absolute atomic E-state index is 0.0770. The molecule has 30 heavy (non-hydrogen) atoms. The normalized spacial score (nSPS) is 11.1. The first-order chi connectivity index (χ1) is 14.6. The average Bonchev–Trinajstić information content (AvgIpc) is 3.21. The number of rotatable bonds is 6. The summed E-state index contributed by atoms with van der Waals surface area (Å²) in [5, 5.41) is 17.3. The Bertz CT molecular complexity index is 1230. The molecule has 0 radical (unpaired) electrons. The summed E-state index contributed by atoms with van der Waals surface area (Å²) in [5.41, 5.74) is 3.75. The van der Waals surface area contributed by atoms with E-state index in [4.69, 9.17) is 9.47 Å². The number of ether oxygens (including phenoxy) is 2. The molecular weight excluding hydrogens is 382 g/mol. The average molecular weight is 405 g/mol. The first kappa shape index (κ1) is 19.6. The van der Waals surface area contributed by atoms with Crippen LogP contribution in [0.15, 0.2) is 36.5 Å². The Labute approximate surface area is 173 Å². The number of nitrogens with zero attached hydrogens (tertiary/aromatic N) is 4. The highest BCUT2D eigenvalue weighted by Gasteiger charge is 2.19. The summed E-state index contributed by atoms with van der Waals surface area (Å²) in [6, 6.07) is 9.54. The Balaban J connectivity index is 1.83. The van der Waals surface area contributed by atoms with Crippen molar-refractivity contribution in [3.05, 3.63) is 42.2 Å². The third kappa shape index (κ3) is 3.20. The second-order valence-electron chi connectivity index (χ2n) is 6.79. The van der Waals surface area contributed by atoms with E-state index >= 15 is 0 Å². The van der Waals surface area contributed by atoms with Crippen molar-refractivity contribution in [2.24, 2.45) is 0 Å². The van der Waals surface area contributed by atoms with Gasteiger partial charge in [0.15, 0.2) is 17.2 Å². The van der Waals surface area contributed by atoms with E-state index in [1.54, 1.807) is 31.4 Å². The lowest BCUT2D eigenvalue weighted by Crippen LogP contribution is -2.30. The number of amides is 1. The van der Waals surface area contributed by atoms with Crippen molar-refractivity contribution < 1.29 is 14.3 Å². The van der Waals surface area contributed by atoms with Gasteiger partial charge in [-0.3, -0.25) is 9.89 Å². The summed E-state index contributed by atoms with van der Waals surface area (Å²) < 4.78 is 10.8. The molecule has 2 aromatic carbocycles. The van der Waals surface area contributed by atoms with Gasteiger partial charge in [-0.25, -0.2) is 0 Å². The van der Waals surface area contributed by atoms with Crippen LogP contribution in [0.2, 0.25) is 0 Å². The number of nitrogens with one attached hydrogen (secondary N) is 1.